The first-order valence-corrected chi connectivity index (χ1v) is 10.2. The van der Waals surface area contributed by atoms with Crippen LogP contribution in [0.25, 0.3) is 0 Å². The van der Waals surface area contributed by atoms with Crippen LogP contribution in [0.1, 0.15) is 29.8 Å². The van der Waals surface area contributed by atoms with Crippen LogP contribution in [0, 0.1) is 0 Å². The van der Waals surface area contributed by atoms with E-state index in [1.54, 1.807) is 34.2 Å². The minimum absolute atomic E-state index is 0.204. The molecule has 1 atom stereocenters. The minimum Gasteiger partial charge on any atom is -0.454 e. The lowest BCUT2D eigenvalue weighted by atomic mass is 10.0. The van der Waals surface area contributed by atoms with E-state index in [0.29, 0.717) is 24.5 Å². The van der Waals surface area contributed by atoms with E-state index in [4.69, 9.17) is 9.47 Å². The molecule has 0 radical (unpaired) electrons. The first-order chi connectivity index (χ1) is 14.1. The van der Waals surface area contributed by atoms with Crippen molar-refractivity contribution in [2.24, 2.45) is 0 Å². The molecule has 1 aromatic carbocycles. The molecule has 7 nitrogen and oxygen atoms in total. The number of hydrogen-bond donors (Lipinski definition) is 2. The molecule has 2 aromatic heterocycles. The van der Waals surface area contributed by atoms with Crippen LogP contribution in [0.15, 0.2) is 58.8 Å². The van der Waals surface area contributed by atoms with Crippen molar-refractivity contribution in [2.75, 3.05) is 12.1 Å². The topological polar surface area (TPSA) is 81.6 Å². The van der Waals surface area contributed by atoms with Crippen molar-refractivity contribution < 1.29 is 14.3 Å². The molecule has 0 unspecified atom stereocenters. The molecule has 2 N–H and O–H groups in total. The zero-order valence-corrected chi connectivity index (χ0v) is 16.7. The molecule has 8 heteroatoms. The summed E-state index contributed by atoms with van der Waals surface area (Å²) >= 11 is 1.59. The number of anilines is 1. The molecular formula is C21H21N3O4S. The third-order valence-corrected chi connectivity index (χ3v) is 5.55. The molecule has 3 heterocycles. The highest BCUT2D eigenvalue weighted by Crippen LogP contribution is 2.34. The summed E-state index contributed by atoms with van der Waals surface area (Å²) < 4.78 is 12.3. The van der Waals surface area contributed by atoms with Gasteiger partial charge in [0.05, 0.1) is 12.6 Å². The molecule has 0 aliphatic carbocycles. The molecule has 29 heavy (non-hydrogen) atoms. The number of aromatic nitrogens is 1. The van der Waals surface area contributed by atoms with E-state index in [0.717, 1.165) is 10.4 Å². The lowest BCUT2D eigenvalue weighted by Gasteiger charge is -2.18. The van der Waals surface area contributed by atoms with Crippen molar-refractivity contribution >= 4 is 23.1 Å². The van der Waals surface area contributed by atoms with Crippen LogP contribution in [0.2, 0.25) is 0 Å². The van der Waals surface area contributed by atoms with Gasteiger partial charge in [-0.1, -0.05) is 19.1 Å². The highest BCUT2D eigenvalue weighted by atomic mass is 32.1. The highest BCUT2D eigenvalue weighted by molar-refractivity contribution is 7.09. The standard InChI is InChI=1S/C21H21N3O4S/c1-2-16(14-7-8-18-19(11-14)28-13-27-18)22-21(26)23-17-6-3-9-24(20(17)25)12-15-5-4-10-29-15/h3-11,16H,2,12-13H2,1H3,(H2,22,23,26)/t16-/m0/s1. The van der Waals surface area contributed by atoms with Crippen molar-refractivity contribution in [3.05, 3.63) is 74.8 Å². The van der Waals surface area contributed by atoms with Crippen LogP contribution >= 0.6 is 11.3 Å². The quantitative estimate of drug-likeness (QED) is 0.643. The number of carbonyl (C=O) groups is 1. The lowest BCUT2D eigenvalue weighted by molar-refractivity contribution is 0.174. The van der Waals surface area contributed by atoms with Crippen molar-refractivity contribution in [2.45, 2.75) is 25.9 Å². The molecule has 2 amide bonds. The Balaban J connectivity index is 1.45. The van der Waals surface area contributed by atoms with Crippen molar-refractivity contribution in [3.8, 4) is 11.5 Å². The molecule has 1 aliphatic rings. The maximum absolute atomic E-state index is 12.7. The van der Waals surface area contributed by atoms with Crippen molar-refractivity contribution in [1.82, 2.24) is 9.88 Å². The van der Waals surface area contributed by atoms with Gasteiger partial charge in [-0.15, -0.1) is 11.3 Å². The summed E-state index contributed by atoms with van der Waals surface area (Å²) in [6, 6.07) is 12.2. The van der Waals surface area contributed by atoms with Crippen LogP contribution in [-0.2, 0) is 6.54 Å². The molecular weight excluding hydrogens is 390 g/mol. The van der Waals surface area contributed by atoms with Crippen molar-refractivity contribution in [1.29, 1.82) is 0 Å². The summed E-state index contributed by atoms with van der Waals surface area (Å²) in [5, 5.41) is 7.57. The Labute approximate surface area is 171 Å². The van der Waals surface area contributed by atoms with E-state index in [1.807, 2.05) is 42.6 Å². The number of pyridine rings is 1. The summed E-state index contributed by atoms with van der Waals surface area (Å²) in [4.78, 5) is 26.3. The summed E-state index contributed by atoms with van der Waals surface area (Å²) in [6.07, 6.45) is 2.40. The van der Waals surface area contributed by atoms with Gasteiger partial charge in [0.2, 0.25) is 6.79 Å². The molecule has 0 saturated heterocycles. The number of fused-ring (bicyclic) bond motifs is 1. The van der Waals surface area contributed by atoms with Gasteiger partial charge in [0, 0.05) is 11.1 Å². The van der Waals surface area contributed by atoms with Gasteiger partial charge in [-0.2, -0.15) is 0 Å². The van der Waals surface area contributed by atoms with Gasteiger partial charge in [0.1, 0.15) is 5.69 Å². The largest absolute Gasteiger partial charge is 0.454 e. The van der Waals surface area contributed by atoms with Gasteiger partial charge in [0.25, 0.3) is 5.56 Å². The Bertz CT molecular complexity index is 1060. The molecule has 3 aromatic rings. The summed E-state index contributed by atoms with van der Waals surface area (Å²) in [5.74, 6) is 1.37. The fourth-order valence-corrected chi connectivity index (χ4v) is 3.90. The third-order valence-electron chi connectivity index (χ3n) is 4.69. The predicted molar refractivity (Wildman–Crippen MR) is 112 cm³/mol. The number of urea groups is 1. The van der Waals surface area contributed by atoms with Gasteiger partial charge in [-0.3, -0.25) is 4.79 Å². The van der Waals surface area contributed by atoms with Gasteiger partial charge < -0.3 is 24.7 Å². The number of amides is 2. The maximum atomic E-state index is 12.7. The number of carbonyl (C=O) groups excluding carboxylic acids is 1. The fraction of sp³-hybridized carbons (Fsp3) is 0.238. The predicted octanol–water partition coefficient (Wildman–Crippen LogP) is 3.96. The number of thiophene rings is 1. The summed E-state index contributed by atoms with van der Waals surface area (Å²) in [5.41, 5.74) is 0.907. The lowest BCUT2D eigenvalue weighted by Crippen LogP contribution is -2.35. The zero-order valence-electron chi connectivity index (χ0n) is 15.9. The first-order valence-electron chi connectivity index (χ1n) is 9.33. The third kappa shape index (κ3) is 4.27. The van der Waals surface area contributed by atoms with Crippen LogP contribution in [-0.4, -0.2) is 17.4 Å². The van der Waals surface area contributed by atoms with E-state index in [2.05, 4.69) is 10.6 Å². The average molecular weight is 411 g/mol. The second-order valence-corrected chi connectivity index (χ2v) is 7.64. The molecule has 0 fully saturated rings. The maximum Gasteiger partial charge on any atom is 0.319 e. The monoisotopic (exact) mass is 411 g/mol. The highest BCUT2D eigenvalue weighted by Gasteiger charge is 2.19. The SMILES string of the molecule is CC[C@H](NC(=O)Nc1cccn(Cc2cccs2)c1=O)c1ccc2c(c1)OCO2. The molecule has 4 rings (SSSR count). The van der Waals surface area contributed by atoms with Gasteiger partial charge in [-0.05, 0) is 47.7 Å². The van der Waals surface area contributed by atoms with Crippen LogP contribution in [0.3, 0.4) is 0 Å². The Morgan fingerprint density at radius 1 is 1.21 bits per heavy atom. The average Bonchev–Trinajstić information content (AvgIpc) is 3.40. The number of rotatable bonds is 6. The van der Waals surface area contributed by atoms with Crippen LogP contribution in [0.5, 0.6) is 11.5 Å². The van der Waals surface area contributed by atoms with Gasteiger partial charge in [-0.25, -0.2) is 4.79 Å². The van der Waals surface area contributed by atoms with Gasteiger partial charge >= 0.3 is 6.03 Å². The van der Waals surface area contributed by atoms with E-state index in [9.17, 15) is 9.59 Å². The Morgan fingerprint density at radius 3 is 2.86 bits per heavy atom. The summed E-state index contributed by atoms with van der Waals surface area (Å²) in [7, 11) is 0. The number of benzene rings is 1. The smallest absolute Gasteiger partial charge is 0.319 e. The van der Waals surface area contributed by atoms with Gasteiger partial charge in [0.15, 0.2) is 11.5 Å². The van der Waals surface area contributed by atoms with E-state index in [-0.39, 0.29) is 24.1 Å². The Morgan fingerprint density at radius 2 is 2.07 bits per heavy atom. The zero-order chi connectivity index (χ0) is 20.2. The molecule has 0 saturated carbocycles. The second-order valence-electron chi connectivity index (χ2n) is 6.61. The molecule has 1 aliphatic heterocycles. The van der Waals surface area contributed by atoms with Crippen molar-refractivity contribution in [3.63, 3.8) is 0 Å². The molecule has 150 valence electrons. The molecule has 0 bridgehead atoms. The second kappa shape index (κ2) is 8.40. The normalized spacial score (nSPS) is 13.1. The fourth-order valence-electron chi connectivity index (χ4n) is 3.19. The number of hydrogen-bond acceptors (Lipinski definition) is 5. The number of nitrogens with one attached hydrogen (secondary N) is 2. The molecule has 0 spiro atoms. The van der Waals surface area contributed by atoms with Crippen LogP contribution in [0.4, 0.5) is 10.5 Å². The number of ether oxygens (including phenoxy) is 2. The summed E-state index contributed by atoms with van der Waals surface area (Å²) in [6.45, 7) is 2.66. The first kappa shape index (κ1) is 19.1. The Hall–Kier alpha value is -3.26. The van der Waals surface area contributed by atoms with Crippen LogP contribution < -0.4 is 25.7 Å². The minimum atomic E-state index is -0.430. The number of nitrogens with zero attached hydrogens (tertiary/aromatic N) is 1. The van der Waals surface area contributed by atoms with E-state index < -0.39 is 6.03 Å². The van der Waals surface area contributed by atoms with E-state index in [1.165, 1.54) is 0 Å². The Kier molecular flexibility index (Phi) is 5.53. The van der Waals surface area contributed by atoms with E-state index >= 15 is 0 Å².